The summed E-state index contributed by atoms with van der Waals surface area (Å²) < 4.78 is 12.7. The van der Waals surface area contributed by atoms with Crippen molar-refractivity contribution in [1.82, 2.24) is 9.97 Å². The van der Waals surface area contributed by atoms with Crippen LogP contribution in [0.2, 0.25) is 0 Å². The maximum atomic E-state index is 12.7. The van der Waals surface area contributed by atoms with E-state index >= 15 is 0 Å². The summed E-state index contributed by atoms with van der Waals surface area (Å²) >= 11 is 0. The molecule has 4 heteroatoms. The molecule has 1 heterocycles. The van der Waals surface area contributed by atoms with Crippen molar-refractivity contribution in [2.75, 3.05) is 0 Å². The Hall–Kier alpha value is -1.81. The SMILES string of the molecule is NCc1nccc(Cc2ccc(F)cc2)n1. The van der Waals surface area contributed by atoms with Gasteiger partial charge in [-0.2, -0.15) is 0 Å². The molecule has 2 rings (SSSR count). The van der Waals surface area contributed by atoms with Crippen LogP contribution in [0.4, 0.5) is 4.39 Å². The Morgan fingerprint density at radius 1 is 1.12 bits per heavy atom. The molecule has 0 atom stereocenters. The number of halogens is 1. The average Bonchev–Trinajstić information content (AvgIpc) is 2.32. The molecular formula is C12H12FN3. The van der Waals surface area contributed by atoms with Crippen molar-refractivity contribution < 1.29 is 4.39 Å². The van der Waals surface area contributed by atoms with Gasteiger partial charge >= 0.3 is 0 Å². The Kier molecular flexibility index (Phi) is 3.22. The molecule has 0 amide bonds. The molecule has 0 fully saturated rings. The molecule has 0 unspecified atom stereocenters. The van der Waals surface area contributed by atoms with E-state index in [1.807, 2.05) is 6.07 Å². The fourth-order valence-electron chi connectivity index (χ4n) is 1.45. The van der Waals surface area contributed by atoms with Gasteiger partial charge in [0.2, 0.25) is 0 Å². The fourth-order valence-corrected chi connectivity index (χ4v) is 1.45. The van der Waals surface area contributed by atoms with Gasteiger partial charge in [-0.1, -0.05) is 12.1 Å². The van der Waals surface area contributed by atoms with Crippen molar-refractivity contribution in [1.29, 1.82) is 0 Å². The molecule has 3 nitrogen and oxygen atoms in total. The van der Waals surface area contributed by atoms with E-state index in [-0.39, 0.29) is 5.82 Å². The Balaban J connectivity index is 2.16. The van der Waals surface area contributed by atoms with Gasteiger partial charge in [-0.15, -0.1) is 0 Å². The van der Waals surface area contributed by atoms with Gasteiger partial charge in [0.25, 0.3) is 0 Å². The molecule has 2 N–H and O–H groups in total. The van der Waals surface area contributed by atoms with Gasteiger partial charge in [-0.05, 0) is 23.8 Å². The number of nitrogens with zero attached hydrogens (tertiary/aromatic N) is 2. The van der Waals surface area contributed by atoms with E-state index in [1.165, 1.54) is 12.1 Å². The lowest BCUT2D eigenvalue weighted by Crippen LogP contribution is -2.05. The monoisotopic (exact) mass is 217 g/mol. The summed E-state index contributed by atoms with van der Waals surface area (Å²) in [6.07, 6.45) is 2.35. The van der Waals surface area contributed by atoms with Crippen molar-refractivity contribution in [2.24, 2.45) is 5.73 Å². The normalized spacial score (nSPS) is 10.4. The van der Waals surface area contributed by atoms with Gasteiger partial charge in [-0.3, -0.25) is 0 Å². The maximum Gasteiger partial charge on any atom is 0.142 e. The summed E-state index contributed by atoms with van der Waals surface area (Å²) in [6, 6.07) is 8.22. The zero-order chi connectivity index (χ0) is 11.4. The first-order valence-electron chi connectivity index (χ1n) is 5.03. The van der Waals surface area contributed by atoms with Gasteiger partial charge in [-0.25, -0.2) is 14.4 Å². The summed E-state index contributed by atoms with van der Waals surface area (Å²) in [5.41, 5.74) is 7.36. The van der Waals surface area contributed by atoms with Crippen LogP contribution in [0.25, 0.3) is 0 Å². The van der Waals surface area contributed by atoms with E-state index in [9.17, 15) is 4.39 Å². The van der Waals surface area contributed by atoms with Crippen LogP contribution in [-0.4, -0.2) is 9.97 Å². The van der Waals surface area contributed by atoms with Gasteiger partial charge in [0, 0.05) is 18.3 Å². The lowest BCUT2D eigenvalue weighted by molar-refractivity contribution is 0.627. The van der Waals surface area contributed by atoms with Crippen LogP contribution in [0.15, 0.2) is 36.5 Å². The average molecular weight is 217 g/mol. The van der Waals surface area contributed by atoms with E-state index in [2.05, 4.69) is 9.97 Å². The van der Waals surface area contributed by atoms with E-state index in [0.29, 0.717) is 18.8 Å². The summed E-state index contributed by atoms with van der Waals surface area (Å²) in [6.45, 7) is 0.331. The number of aromatic nitrogens is 2. The van der Waals surface area contributed by atoms with E-state index < -0.39 is 0 Å². The highest BCUT2D eigenvalue weighted by Crippen LogP contribution is 2.08. The van der Waals surface area contributed by atoms with Crippen LogP contribution in [0.5, 0.6) is 0 Å². The maximum absolute atomic E-state index is 12.7. The summed E-state index contributed by atoms with van der Waals surface area (Å²) in [5, 5.41) is 0. The standard InChI is InChI=1S/C12H12FN3/c13-10-3-1-9(2-4-10)7-11-5-6-15-12(8-14)16-11/h1-6H,7-8,14H2. The predicted molar refractivity (Wildman–Crippen MR) is 59.1 cm³/mol. The Labute approximate surface area is 93.2 Å². The minimum Gasteiger partial charge on any atom is -0.324 e. The third-order valence-corrected chi connectivity index (χ3v) is 2.24. The van der Waals surface area contributed by atoms with Gasteiger partial charge in [0.15, 0.2) is 0 Å². The molecular weight excluding hydrogens is 205 g/mol. The molecule has 0 spiro atoms. The molecule has 0 aliphatic carbocycles. The fraction of sp³-hybridized carbons (Fsp3) is 0.167. The highest BCUT2D eigenvalue weighted by atomic mass is 19.1. The van der Waals surface area contributed by atoms with Crippen LogP contribution in [0, 0.1) is 5.82 Å². The first-order chi connectivity index (χ1) is 7.78. The summed E-state index contributed by atoms with van der Waals surface area (Å²) in [7, 11) is 0. The molecule has 82 valence electrons. The number of rotatable bonds is 3. The topological polar surface area (TPSA) is 51.8 Å². The molecule has 1 aromatic carbocycles. The van der Waals surface area contributed by atoms with E-state index in [1.54, 1.807) is 18.3 Å². The predicted octanol–water partition coefficient (Wildman–Crippen LogP) is 1.67. The highest BCUT2D eigenvalue weighted by molar-refractivity contribution is 5.21. The Morgan fingerprint density at radius 3 is 2.56 bits per heavy atom. The zero-order valence-electron chi connectivity index (χ0n) is 8.73. The molecule has 0 saturated carbocycles. The summed E-state index contributed by atoms with van der Waals surface area (Å²) in [5.74, 6) is 0.397. The second kappa shape index (κ2) is 4.81. The molecule has 0 aliphatic rings. The lowest BCUT2D eigenvalue weighted by Gasteiger charge is -2.02. The van der Waals surface area contributed by atoms with E-state index in [4.69, 9.17) is 5.73 Å². The van der Waals surface area contributed by atoms with Crippen LogP contribution in [0.3, 0.4) is 0 Å². The molecule has 0 aliphatic heterocycles. The largest absolute Gasteiger partial charge is 0.324 e. The second-order valence-corrected chi connectivity index (χ2v) is 3.47. The Bertz CT molecular complexity index is 468. The van der Waals surface area contributed by atoms with Crippen molar-refractivity contribution >= 4 is 0 Å². The third kappa shape index (κ3) is 2.61. The second-order valence-electron chi connectivity index (χ2n) is 3.47. The summed E-state index contributed by atoms with van der Waals surface area (Å²) in [4.78, 5) is 8.30. The smallest absolute Gasteiger partial charge is 0.142 e. The van der Waals surface area contributed by atoms with Crippen molar-refractivity contribution in [2.45, 2.75) is 13.0 Å². The minimum atomic E-state index is -0.228. The molecule has 0 saturated heterocycles. The lowest BCUT2D eigenvalue weighted by atomic mass is 10.1. The Morgan fingerprint density at radius 2 is 1.88 bits per heavy atom. The third-order valence-electron chi connectivity index (χ3n) is 2.24. The van der Waals surface area contributed by atoms with Crippen LogP contribution in [-0.2, 0) is 13.0 Å². The molecule has 0 bridgehead atoms. The van der Waals surface area contributed by atoms with Crippen LogP contribution < -0.4 is 5.73 Å². The van der Waals surface area contributed by atoms with Gasteiger partial charge in [0.1, 0.15) is 11.6 Å². The molecule has 2 aromatic rings. The van der Waals surface area contributed by atoms with E-state index in [0.717, 1.165) is 11.3 Å². The zero-order valence-corrected chi connectivity index (χ0v) is 8.73. The molecule has 1 aromatic heterocycles. The molecule has 16 heavy (non-hydrogen) atoms. The first-order valence-corrected chi connectivity index (χ1v) is 5.03. The number of hydrogen-bond acceptors (Lipinski definition) is 3. The first kappa shape index (κ1) is 10.7. The van der Waals surface area contributed by atoms with Crippen molar-refractivity contribution in [3.63, 3.8) is 0 Å². The highest BCUT2D eigenvalue weighted by Gasteiger charge is 2.00. The number of hydrogen-bond donors (Lipinski definition) is 1. The quantitative estimate of drug-likeness (QED) is 0.850. The molecule has 0 radical (unpaired) electrons. The number of nitrogens with two attached hydrogens (primary N) is 1. The number of benzene rings is 1. The minimum absolute atomic E-state index is 0.228. The van der Waals surface area contributed by atoms with Crippen LogP contribution >= 0.6 is 0 Å². The van der Waals surface area contributed by atoms with Gasteiger partial charge in [0.05, 0.1) is 6.54 Å². The van der Waals surface area contributed by atoms with Gasteiger partial charge < -0.3 is 5.73 Å². The van der Waals surface area contributed by atoms with Crippen LogP contribution in [0.1, 0.15) is 17.1 Å². The van der Waals surface area contributed by atoms with Crippen molar-refractivity contribution in [3.05, 3.63) is 59.4 Å². The van der Waals surface area contributed by atoms with Crippen molar-refractivity contribution in [3.8, 4) is 0 Å².